The fraction of sp³-hybridized carbons (Fsp3) is 0.316. The summed E-state index contributed by atoms with van der Waals surface area (Å²) >= 11 is 0. The van der Waals surface area contributed by atoms with Crippen LogP contribution in [-0.4, -0.2) is 48.5 Å². The number of ether oxygens (including phenoxy) is 1. The molecule has 0 N–H and O–H groups in total. The van der Waals surface area contributed by atoms with E-state index >= 15 is 0 Å². The van der Waals surface area contributed by atoms with Gasteiger partial charge >= 0.3 is 0 Å². The van der Waals surface area contributed by atoms with Crippen LogP contribution in [0.4, 0.5) is 11.4 Å². The van der Waals surface area contributed by atoms with Gasteiger partial charge in [-0.25, -0.2) is 0 Å². The number of benzene rings is 2. The number of nitro groups is 1. The maximum Gasteiger partial charge on any atom is 0.292 e. The number of para-hydroxylation sites is 2. The molecule has 26 heavy (non-hydrogen) atoms. The SMILES string of the molecule is CCOc1cccc(C(=O)N2CCN(c3ccccc3[N+](=O)[O-])CC2)c1. The molecule has 1 saturated heterocycles. The predicted molar refractivity (Wildman–Crippen MR) is 98.8 cm³/mol. The number of anilines is 1. The highest BCUT2D eigenvalue weighted by atomic mass is 16.6. The Morgan fingerprint density at radius 3 is 2.54 bits per heavy atom. The van der Waals surface area contributed by atoms with Crippen molar-refractivity contribution in [1.29, 1.82) is 0 Å². The number of piperazine rings is 1. The van der Waals surface area contributed by atoms with Gasteiger partial charge in [-0.2, -0.15) is 0 Å². The Labute approximate surface area is 151 Å². The van der Waals surface area contributed by atoms with Gasteiger partial charge in [0.25, 0.3) is 11.6 Å². The zero-order valence-corrected chi connectivity index (χ0v) is 14.6. The molecule has 7 heteroatoms. The fourth-order valence-corrected chi connectivity index (χ4v) is 3.10. The second-order valence-corrected chi connectivity index (χ2v) is 5.99. The van der Waals surface area contributed by atoms with Crippen LogP contribution in [0.1, 0.15) is 17.3 Å². The van der Waals surface area contributed by atoms with Crippen molar-refractivity contribution in [3.05, 3.63) is 64.2 Å². The van der Waals surface area contributed by atoms with Crippen molar-refractivity contribution in [2.45, 2.75) is 6.92 Å². The van der Waals surface area contributed by atoms with Gasteiger partial charge in [-0.15, -0.1) is 0 Å². The first-order valence-corrected chi connectivity index (χ1v) is 8.60. The molecule has 0 aromatic heterocycles. The number of rotatable bonds is 5. The van der Waals surface area contributed by atoms with Crippen LogP contribution in [0, 0.1) is 10.1 Å². The Morgan fingerprint density at radius 1 is 1.12 bits per heavy atom. The van der Waals surface area contributed by atoms with Crippen LogP contribution in [-0.2, 0) is 0 Å². The highest BCUT2D eigenvalue weighted by Crippen LogP contribution is 2.28. The Kier molecular flexibility index (Phi) is 5.36. The zero-order chi connectivity index (χ0) is 18.5. The van der Waals surface area contributed by atoms with Gasteiger partial charge in [0.1, 0.15) is 11.4 Å². The lowest BCUT2D eigenvalue weighted by Gasteiger charge is -2.35. The van der Waals surface area contributed by atoms with E-state index in [-0.39, 0.29) is 16.5 Å². The van der Waals surface area contributed by atoms with E-state index in [0.717, 1.165) is 0 Å². The van der Waals surface area contributed by atoms with Crippen molar-refractivity contribution in [1.82, 2.24) is 4.90 Å². The fourth-order valence-electron chi connectivity index (χ4n) is 3.10. The van der Waals surface area contributed by atoms with Gasteiger partial charge in [-0.3, -0.25) is 14.9 Å². The lowest BCUT2D eigenvalue weighted by Crippen LogP contribution is -2.48. The Morgan fingerprint density at radius 2 is 1.85 bits per heavy atom. The average molecular weight is 355 g/mol. The highest BCUT2D eigenvalue weighted by molar-refractivity contribution is 5.94. The number of hydrogen-bond donors (Lipinski definition) is 0. The maximum absolute atomic E-state index is 12.7. The first-order chi connectivity index (χ1) is 12.6. The summed E-state index contributed by atoms with van der Waals surface area (Å²) in [5.41, 5.74) is 1.29. The molecular formula is C19H21N3O4. The van der Waals surface area contributed by atoms with Crippen LogP contribution in [0.2, 0.25) is 0 Å². The lowest BCUT2D eigenvalue weighted by atomic mass is 10.1. The number of amides is 1. The molecule has 0 atom stereocenters. The molecule has 1 amide bonds. The third kappa shape index (κ3) is 3.77. The summed E-state index contributed by atoms with van der Waals surface area (Å²) < 4.78 is 5.45. The summed E-state index contributed by atoms with van der Waals surface area (Å²) in [7, 11) is 0. The van der Waals surface area contributed by atoms with Gasteiger partial charge in [-0.05, 0) is 31.2 Å². The minimum atomic E-state index is -0.369. The van der Waals surface area contributed by atoms with Crippen LogP contribution in [0.5, 0.6) is 5.75 Å². The summed E-state index contributed by atoms with van der Waals surface area (Å²) in [6.45, 7) is 4.60. The van der Waals surface area contributed by atoms with Crippen LogP contribution < -0.4 is 9.64 Å². The summed E-state index contributed by atoms with van der Waals surface area (Å²) in [6.07, 6.45) is 0. The van der Waals surface area contributed by atoms with Gasteiger partial charge in [0.2, 0.25) is 0 Å². The van der Waals surface area contributed by atoms with Crippen molar-refractivity contribution in [2.24, 2.45) is 0 Å². The molecule has 136 valence electrons. The van der Waals surface area contributed by atoms with Crippen molar-refractivity contribution in [2.75, 3.05) is 37.7 Å². The van der Waals surface area contributed by atoms with Crippen molar-refractivity contribution in [3.63, 3.8) is 0 Å². The summed E-state index contributed by atoms with van der Waals surface area (Å²) in [6, 6.07) is 13.9. The second-order valence-electron chi connectivity index (χ2n) is 5.99. The van der Waals surface area contributed by atoms with Crippen LogP contribution in [0.15, 0.2) is 48.5 Å². The normalized spacial score (nSPS) is 14.2. The first-order valence-electron chi connectivity index (χ1n) is 8.60. The van der Waals surface area contributed by atoms with Gasteiger partial charge < -0.3 is 14.5 Å². The minimum absolute atomic E-state index is 0.0474. The molecule has 2 aromatic rings. The quantitative estimate of drug-likeness (QED) is 0.609. The molecule has 1 aliphatic heterocycles. The molecule has 0 bridgehead atoms. The van der Waals surface area contributed by atoms with E-state index in [1.807, 2.05) is 24.0 Å². The van der Waals surface area contributed by atoms with E-state index in [0.29, 0.717) is 49.8 Å². The van der Waals surface area contributed by atoms with E-state index in [2.05, 4.69) is 0 Å². The molecule has 1 heterocycles. The standard InChI is InChI=1S/C19H21N3O4/c1-2-26-16-7-5-6-15(14-16)19(23)21-12-10-20(11-13-21)17-8-3-4-9-18(17)22(24)25/h3-9,14H,2,10-13H2,1H3. The Bertz CT molecular complexity index is 801. The Hall–Kier alpha value is -3.09. The summed E-state index contributed by atoms with van der Waals surface area (Å²) in [4.78, 5) is 27.3. The van der Waals surface area contributed by atoms with E-state index in [1.54, 1.807) is 35.2 Å². The van der Waals surface area contributed by atoms with Crippen LogP contribution >= 0.6 is 0 Å². The molecule has 0 unspecified atom stereocenters. The predicted octanol–water partition coefficient (Wildman–Crippen LogP) is 2.96. The number of nitro benzene ring substituents is 1. The number of nitrogens with zero attached hydrogens (tertiary/aromatic N) is 3. The lowest BCUT2D eigenvalue weighted by molar-refractivity contribution is -0.384. The van der Waals surface area contributed by atoms with E-state index in [1.165, 1.54) is 6.07 Å². The van der Waals surface area contributed by atoms with Crippen molar-refractivity contribution >= 4 is 17.3 Å². The van der Waals surface area contributed by atoms with E-state index in [9.17, 15) is 14.9 Å². The molecule has 1 aliphatic rings. The van der Waals surface area contributed by atoms with Crippen molar-refractivity contribution in [3.8, 4) is 5.75 Å². The van der Waals surface area contributed by atoms with Crippen molar-refractivity contribution < 1.29 is 14.5 Å². The Balaban J connectivity index is 1.68. The first kappa shape index (κ1) is 17.7. The summed E-state index contributed by atoms with van der Waals surface area (Å²) in [5, 5.41) is 11.2. The van der Waals surface area contributed by atoms with Gasteiger partial charge in [-0.1, -0.05) is 18.2 Å². The molecule has 0 radical (unpaired) electrons. The zero-order valence-electron chi connectivity index (χ0n) is 14.6. The molecule has 0 spiro atoms. The number of carbonyl (C=O) groups is 1. The third-order valence-corrected chi connectivity index (χ3v) is 4.38. The highest BCUT2D eigenvalue weighted by Gasteiger charge is 2.26. The molecule has 1 fully saturated rings. The van der Waals surface area contributed by atoms with Gasteiger partial charge in [0.15, 0.2) is 0 Å². The average Bonchev–Trinajstić information content (AvgIpc) is 2.68. The minimum Gasteiger partial charge on any atom is -0.494 e. The van der Waals surface area contributed by atoms with Crippen LogP contribution in [0.25, 0.3) is 0 Å². The summed E-state index contributed by atoms with van der Waals surface area (Å²) in [5.74, 6) is 0.630. The van der Waals surface area contributed by atoms with Gasteiger partial charge in [0, 0.05) is 37.8 Å². The largest absolute Gasteiger partial charge is 0.494 e. The molecule has 3 rings (SSSR count). The topological polar surface area (TPSA) is 75.9 Å². The van der Waals surface area contributed by atoms with E-state index < -0.39 is 0 Å². The van der Waals surface area contributed by atoms with Gasteiger partial charge in [0.05, 0.1) is 11.5 Å². The number of hydrogen-bond acceptors (Lipinski definition) is 5. The number of carbonyl (C=O) groups excluding carboxylic acids is 1. The molecule has 2 aromatic carbocycles. The molecule has 0 saturated carbocycles. The smallest absolute Gasteiger partial charge is 0.292 e. The second kappa shape index (κ2) is 7.86. The molecular weight excluding hydrogens is 334 g/mol. The maximum atomic E-state index is 12.7. The molecule has 0 aliphatic carbocycles. The monoisotopic (exact) mass is 355 g/mol. The van der Waals surface area contributed by atoms with E-state index in [4.69, 9.17) is 4.74 Å². The third-order valence-electron chi connectivity index (χ3n) is 4.38. The van der Waals surface area contributed by atoms with Crippen LogP contribution in [0.3, 0.4) is 0 Å². The molecule has 7 nitrogen and oxygen atoms in total.